The predicted molar refractivity (Wildman–Crippen MR) is 226 cm³/mol. The minimum atomic E-state index is -0.843. The number of ether oxygens (including phenoxy) is 2. The predicted octanol–water partition coefficient (Wildman–Crippen LogP) is -0.788. The van der Waals surface area contributed by atoms with E-state index < -0.39 is 28.3 Å². The van der Waals surface area contributed by atoms with Crippen LogP contribution in [0.1, 0.15) is 47.3 Å². The molecule has 1 aromatic heterocycles. The Bertz CT molecular complexity index is 1760. The highest BCUT2D eigenvalue weighted by Crippen LogP contribution is 2.25. The Balaban J connectivity index is 0.00000661. The fourth-order valence-corrected chi connectivity index (χ4v) is 10.0. The van der Waals surface area contributed by atoms with E-state index in [-0.39, 0.29) is 66.0 Å². The normalized spacial score (nSPS) is 18.5. The first-order valence-corrected chi connectivity index (χ1v) is 23.2. The number of anilines is 2. The maximum absolute atomic E-state index is 13.3. The van der Waals surface area contributed by atoms with E-state index in [4.69, 9.17) is 32.5 Å². The molecule has 1 atom stereocenters. The minimum absolute atomic E-state index is 0. The van der Waals surface area contributed by atoms with Crippen molar-refractivity contribution in [3.05, 3.63) is 70.5 Å². The zero-order valence-corrected chi connectivity index (χ0v) is 36.3. The van der Waals surface area contributed by atoms with Gasteiger partial charge < -0.3 is 62.1 Å². The number of amides is 3. The molecule has 0 radical (unpaired) electrons. The number of aromatic nitrogens is 2. The first kappa shape index (κ1) is 46.4. The number of piperidine rings is 1. The average molecular weight is 894 g/mol. The quantitative estimate of drug-likeness (QED) is 0.120. The highest BCUT2D eigenvalue weighted by Gasteiger charge is 2.36. The van der Waals surface area contributed by atoms with Gasteiger partial charge in [0.2, 0.25) is 0 Å². The molecular weight excluding hydrogens is 840 g/mol. The number of carbonyl (C=O) groups excluding carboxylic acids is 3. The number of quaternary nitrogens is 1. The number of nitrogens with two attached hydrogens (primary N) is 2. The number of carbonyl (C=O) groups is 3. The van der Waals surface area contributed by atoms with E-state index in [9.17, 15) is 23.5 Å². The third-order valence-electron chi connectivity index (χ3n) is 11.1. The monoisotopic (exact) mass is 892 g/mol. The van der Waals surface area contributed by atoms with Gasteiger partial charge in [0, 0.05) is 12.8 Å². The van der Waals surface area contributed by atoms with Gasteiger partial charge in [0.15, 0.2) is 35.7 Å². The zero-order valence-electron chi connectivity index (χ0n) is 33.2. The van der Waals surface area contributed by atoms with Crippen molar-refractivity contribution in [2.75, 3.05) is 100 Å². The summed E-state index contributed by atoms with van der Waals surface area (Å²) in [6, 6.07) is 15.6. The van der Waals surface area contributed by atoms with E-state index in [0.717, 1.165) is 69.2 Å². The molecule has 0 unspecified atom stereocenters. The standard InChI is InChI=1S/C40H53ClN8O7S2.ClH/c41-37-39(43)46-38(42)36(45-37)40(52)44-31-6-3-21-49(26-31,19-1-4-29-7-11-32(12-8-29)55-27-34(50)47-15-22-57(53)23-16-47)20-2-5-30-9-13-33(14-10-30)56-28-35(51)48-17-24-58(54)25-18-48;/h7-14,31H,1-6,15-28H2,(H4-,42,43,44,46,52);1H/t31-;/m0./s1. The van der Waals surface area contributed by atoms with Gasteiger partial charge in [-0.05, 0) is 61.1 Å². The zero-order chi connectivity index (χ0) is 41.1. The van der Waals surface area contributed by atoms with Crippen LogP contribution in [-0.4, -0.2) is 146 Å². The molecule has 59 heavy (non-hydrogen) atoms. The van der Waals surface area contributed by atoms with Gasteiger partial charge in [0.25, 0.3) is 17.7 Å². The summed E-state index contributed by atoms with van der Waals surface area (Å²) in [5.41, 5.74) is 14.0. The lowest BCUT2D eigenvalue weighted by atomic mass is 9.99. The summed E-state index contributed by atoms with van der Waals surface area (Å²) in [6.07, 6.45) is 5.35. The molecule has 6 rings (SSSR count). The second-order valence-corrected chi connectivity index (χ2v) is 18.9. The fourth-order valence-electron chi connectivity index (χ4n) is 7.81. The first-order chi connectivity index (χ1) is 27.9. The van der Waals surface area contributed by atoms with Crippen molar-refractivity contribution < 1.29 is 49.9 Å². The second kappa shape index (κ2) is 22.2. The summed E-state index contributed by atoms with van der Waals surface area (Å²) in [7, 11) is 0. The van der Waals surface area contributed by atoms with Crippen LogP contribution in [-0.2, 0) is 44.8 Å². The molecule has 0 saturated carbocycles. The molecule has 5 N–H and O–H groups in total. The van der Waals surface area contributed by atoms with Gasteiger partial charge in [-0.25, -0.2) is 9.97 Å². The lowest BCUT2D eigenvalue weighted by Gasteiger charge is -2.45. The molecule has 0 bridgehead atoms. The smallest absolute Gasteiger partial charge is 0.274 e. The molecular formula is C40H54Cl2N8O7S2. The van der Waals surface area contributed by atoms with Gasteiger partial charge in [0.1, 0.15) is 34.5 Å². The van der Waals surface area contributed by atoms with Gasteiger partial charge in [-0.15, -0.1) is 0 Å². The van der Waals surface area contributed by atoms with E-state index in [1.807, 2.05) is 48.5 Å². The largest absolute Gasteiger partial charge is 1.00 e. The number of hydrogen-bond donors (Lipinski definition) is 3. The third-order valence-corrected chi connectivity index (χ3v) is 13.9. The minimum Gasteiger partial charge on any atom is -1.00 e. The third kappa shape index (κ3) is 13.6. The van der Waals surface area contributed by atoms with Gasteiger partial charge in [0.05, 0.1) is 58.4 Å². The van der Waals surface area contributed by atoms with Gasteiger partial charge in [-0.2, -0.15) is 0 Å². The Morgan fingerprint density at radius 1 is 0.780 bits per heavy atom. The van der Waals surface area contributed by atoms with Gasteiger partial charge >= 0.3 is 0 Å². The Morgan fingerprint density at radius 3 is 1.73 bits per heavy atom. The highest BCUT2D eigenvalue weighted by atomic mass is 35.5. The molecule has 3 amide bonds. The summed E-state index contributed by atoms with van der Waals surface area (Å²) in [5.74, 6) is 2.62. The van der Waals surface area contributed by atoms with Crippen molar-refractivity contribution in [1.82, 2.24) is 25.1 Å². The average Bonchev–Trinajstić information content (AvgIpc) is 3.22. The van der Waals surface area contributed by atoms with Gasteiger partial charge in [-0.3, -0.25) is 14.4 Å². The van der Waals surface area contributed by atoms with Crippen LogP contribution in [0.3, 0.4) is 0 Å². The molecule has 15 nitrogen and oxygen atoms in total. The Labute approximate surface area is 363 Å². The van der Waals surface area contributed by atoms with Crippen molar-refractivity contribution >= 4 is 63.3 Å². The van der Waals surface area contributed by atoms with Crippen molar-refractivity contribution in [2.24, 2.45) is 0 Å². The first-order valence-electron chi connectivity index (χ1n) is 19.9. The molecule has 4 heterocycles. The van der Waals surface area contributed by atoms with Crippen LogP contribution in [0.15, 0.2) is 48.5 Å². The van der Waals surface area contributed by atoms with E-state index in [1.54, 1.807) is 9.80 Å². The van der Waals surface area contributed by atoms with Crippen molar-refractivity contribution in [1.29, 1.82) is 0 Å². The van der Waals surface area contributed by atoms with Crippen molar-refractivity contribution in [3.8, 4) is 11.5 Å². The number of halogens is 2. The molecule has 3 saturated heterocycles. The Morgan fingerprint density at radius 2 is 1.25 bits per heavy atom. The number of nitrogens with one attached hydrogen (secondary N) is 1. The second-order valence-electron chi connectivity index (χ2n) is 15.2. The van der Waals surface area contributed by atoms with Crippen LogP contribution in [0.25, 0.3) is 0 Å². The molecule has 19 heteroatoms. The molecule has 3 aliphatic heterocycles. The highest BCUT2D eigenvalue weighted by molar-refractivity contribution is 7.91. The molecule has 2 aromatic carbocycles. The van der Waals surface area contributed by atoms with Crippen LogP contribution in [0, 0.1) is 0 Å². The molecule has 3 aliphatic rings. The number of nitrogens with zero attached hydrogens (tertiary/aromatic N) is 5. The van der Waals surface area contributed by atoms with Crippen LogP contribution >= 0.6 is 11.6 Å². The van der Waals surface area contributed by atoms with E-state index in [2.05, 4.69) is 15.3 Å². The van der Waals surface area contributed by atoms with E-state index >= 15 is 0 Å². The van der Waals surface area contributed by atoms with Crippen LogP contribution < -0.4 is 38.7 Å². The fraction of sp³-hybridized carbons (Fsp3) is 0.525. The lowest BCUT2D eigenvalue weighted by molar-refractivity contribution is -0.933. The summed E-state index contributed by atoms with van der Waals surface area (Å²) in [6.45, 7) is 5.50. The Kier molecular flexibility index (Phi) is 17.5. The van der Waals surface area contributed by atoms with Crippen LogP contribution in [0.5, 0.6) is 11.5 Å². The summed E-state index contributed by atoms with van der Waals surface area (Å²) >= 11 is 4.39. The van der Waals surface area contributed by atoms with Crippen LogP contribution in [0.4, 0.5) is 11.6 Å². The molecule has 3 fully saturated rings. The molecule has 0 aliphatic carbocycles. The van der Waals surface area contributed by atoms with Crippen molar-refractivity contribution in [2.45, 2.75) is 44.6 Å². The molecule has 3 aromatic rings. The summed E-state index contributed by atoms with van der Waals surface area (Å²) in [4.78, 5) is 49.9. The lowest BCUT2D eigenvalue weighted by Crippen LogP contribution is -3.00. The number of likely N-dealkylation sites (tertiary alicyclic amines) is 1. The number of nitrogen functional groups attached to an aromatic ring is 2. The topological polar surface area (TPSA) is 212 Å². The number of benzene rings is 2. The van der Waals surface area contributed by atoms with Crippen LogP contribution in [0.2, 0.25) is 5.15 Å². The maximum Gasteiger partial charge on any atom is 0.274 e. The maximum atomic E-state index is 13.3. The van der Waals surface area contributed by atoms with E-state index in [0.29, 0.717) is 60.7 Å². The summed E-state index contributed by atoms with van der Waals surface area (Å²) in [5, 5.41) is 3.08. The SMILES string of the molecule is Nc1nc(N)c(C(=O)N[C@H]2CCC[N+](CCCc3ccc(OCC(=O)N4CC[S+]([O-])CC4)cc3)(CCCc3ccc(OCC(=O)N4CC[S+]([O-])CC4)cc3)C2)nc1Cl.[Cl-]. The van der Waals surface area contributed by atoms with E-state index in [1.165, 1.54) is 11.1 Å². The molecule has 322 valence electrons. The number of hydrogen-bond acceptors (Lipinski definition) is 11. The molecule has 0 spiro atoms. The number of aryl methyl sites for hydroxylation is 2. The number of rotatable bonds is 16. The van der Waals surface area contributed by atoms with Gasteiger partial charge in [-0.1, -0.05) is 58.2 Å². The van der Waals surface area contributed by atoms with Crippen molar-refractivity contribution in [3.63, 3.8) is 0 Å². The summed E-state index contributed by atoms with van der Waals surface area (Å²) < 4.78 is 35.7. The Hall–Kier alpha value is -3.71.